The SMILES string of the molecule is CCCNC(Cc1nc(C)c(C)s1)c1ccc(Br)s1. The highest BCUT2D eigenvalue weighted by atomic mass is 79.9. The van der Waals surface area contributed by atoms with Crippen molar-refractivity contribution in [2.45, 2.75) is 39.7 Å². The van der Waals surface area contributed by atoms with Crippen molar-refractivity contribution < 1.29 is 0 Å². The van der Waals surface area contributed by atoms with Crippen LogP contribution < -0.4 is 5.32 Å². The second-order valence-electron chi connectivity index (χ2n) is 4.60. The maximum atomic E-state index is 4.66. The maximum Gasteiger partial charge on any atom is 0.0950 e. The topological polar surface area (TPSA) is 24.9 Å². The largest absolute Gasteiger partial charge is 0.309 e. The molecular weight excluding hydrogens is 340 g/mol. The lowest BCUT2D eigenvalue weighted by atomic mass is 10.1. The minimum Gasteiger partial charge on any atom is -0.309 e. The van der Waals surface area contributed by atoms with Gasteiger partial charge in [-0.05, 0) is 54.9 Å². The third kappa shape index (κ3) is 4.12. The fraction of sp³-hybridized carbons (Fsp3) is 0.500. The molecule has 0 aliphatic carbocycles. The van der Waals surface area contributed by atoms with Crippen molar-refractivity contribution in [3.8, 4) is 0 Å². The number of rotatable bonds is 6. The first-order chi connectivity index (χ1) is 9.10. The van der Waals surface area contributed by atoms with Crippen LogP contribution in [0.25, 0.3) is 0 Å². The van der Waals surface area contributed by atoms with Gasteiger partial charge in [0.25, 0.3) is 0 Å². The van der Waals surface area contributed by atoms with Crippen molar-refractivity contribution >= 4 is 38.6 Å². The third-order valence-electron chi connectivity index (χ3n) is 3.03. The van der Waals surface area contributed by atoms with E-state index in [2.05, 4.69) is 59.1 Å². The van der Waals surface area contributed by atoms with Crippen LogP contribution in [-0.2, 0) is 6.42 Å². The average molecular weight is 359 g/mol. The van der Waals surface area contributed by atoms with E-state index in [1.807, 2.05) is 22.7 Å². The molecule has 2 nitrogen and oxygen atoms in total. The summed E-state index contributed by atoms with van der Waals surface area (Å²) in [4.78, 5) is 7.37. The highest BCUT2D eigenvalue weighted by molar-refractivity contribution is 9.11. The monoisotopic (exact) mass is 358 g/mol. The Bertz CT molecular complexity index is 514. The van der Waals surface area contributed by atoms with Gasteiger partial charge in [0.2, 0.25) is 0 Å². The smallest absolute Gasteiger partial charge is 0.0950 e. The highest BCUT2D eigenvalue weighted by Crippen LogP contribution is 2.30. The number of thiazole rings is 1. The van der Waals surface area contributed by atoms with E-state index in [1.54, 1.807) is 0 Å². The molecule has 0 spiro atoms. The molecule has 2 rings (SSSR count). The number of hydrogen-bond acceptors (Lipinski definition) is 4. The van der Waals surface area contributed by atoms with Crippen LogP contribution in [0.15, 0.2) is 15.9 Å². The maximum absolute atomic E-state index is 4.66. The Morgan fingerprint density at radius 1 is 1.32 bits per heavy atom. The predicted molar refractivity (Wildman–Crippen MR) is 88.3 cm³/mol. The summed E-state index contributed by atoms with van der Waals surface area (Å²) in [5, 5.41) is 4.86. The lowest BCUT2D eigenvalue weighted by Gasteiger charge is -2.15. The van der Waals surface area contributed by atoms with E-state index in [1.165, 1.54) is 24.2 Å². The lowest BCUT2D eigenvalue weighted by Crippen LogP contribution is -2.23. The molecule has 5 heteroatoms. The molecule has 0 bridgehead atoms. The van der Waals surface area contributed by atoms with Crippen LogP contribution in [0.1, 0.15) is 39.8 Å². The van der Waals surface area contributed by atoms with Gasteiger partial charge in [-0.3, -0.25) is 0 Å². The first kappa shape index (κ1) is 15.2. The molecule has 0 saturated carbocycles. The van der Waals surface area contributed by atoms with Gasteiger partial charge in [0.15, 0.2) is 0 Å². The van der Waals surface area contributed by atoms with Crippen LogP contribution in [0.4, 0.5) is 0 Å². The lowest BCUT2D eigenvalue weighted by molar-refractivity contribution is 0.535. The Morgan fingerprint density at radius 3 is 2.63 bits per heavy atom. The fourth-order valence-corrected chi connectivity index (χ4v) is 4.39. The van der Waals surface area contributed by atoms with Gasteiger partial charge in [-0.2, -0.15) is 0 Å². The molecule has 0 aromatic carbocycles. The minimum atomic E-state index is 0.376. The van der Waals surface area contributed by atoms with Crippen LogP contribution in [0.2, 0.25) is 0 Å². The molecule has 0 aliphatic heterocycles. The number of nitrogens with zero attached hydrogens (tertiary/aromatic N) is 1. The van der Waals surface area contributed by atoms with E-state index in [-0.39, 0.29) is 0 Å². The van der Waals surface area contributed by atoms with Crippen molar-refractivity contribution in [2.75, 3.05) is 6.54 Å². The second-order valence-corrected chi connectivity index (χ2v) is 8.38. The van der Waals surface area contributed by atoms with Gasteiger partial charge in [0.1, 0.15) is 0 Å². The molecule has 2 aromatic rings. The summed E-state index contributed by atoms with van der Waals surface area (Å²) in [6, 6.07) is 4.70. The molecule has 0 amide bonds. The summed E-state index contributed by atoms with van der Waals surface area (Å²) in [6.45, 7) is 7.48. The number of halogens is 1. The van der Waals surface area contributed by atoms with Crippen LogP contribution >= 0.6 is 38.6 Å². The highest BCUT2D eigenvalue weighted by Gasteiger charge is 2.16. The molecular formula is C14H19BrN2S2. The van der Waals surface area contributed by atoms with Crippen molar-refractivity contribution in [1.29, 1.82) is 0 Å². The average Bonchev–Trinajstić information content (AvgIpc) is 2.92. The summed E-state index contributed by atoms with van der Waals surface area (Å²) in [7, 11) is 0. The van der Waals surface area contributed by atoms with E-state index in [9.17, 15) is 0 Å². The quantitative estimate of drug-likeness (QED) is 0.796. The van der Waals surface area contributed by atoms with Gasteiger partial charge in [-0.15, -0.1) is 22.7 Å². The molecule has 1 atom stereocenters. The fourth-order valence-electron chi connectivity index (χ4n) is 1.91. The summed E-state index contributed by atoms with van der Waals surface area (Å²) < 4.78 is 1.19. The second kappa shape index (κ2) is 6.97. The minimum absolute atomic E-state index is 0.376. The number of aromatic nitrogens is 1. The van der Waals surface area contributed by atoms with Gasteiger partial charge in [0.05, 0.1) is 14.5 Å². The van der Waals surface area contributed by atoms with Crippen molar-refractivity contribution in [1.82, 2.24) is 10.3 Å². The van der Waals surface area contributed by atoms with Crippen molar-refractivity contribution in [2.24, 2.45) is 0 Å². The Balaban J connectivity index is 2.13. The first-order valence-corrected chi connectivity index (χ1v) is 8.94. The van der Waals surface area contributed by atoms with E-state index in [0.29, 0.717) is 6.04 Å². The Labute approximate surface area is 131 Å². The van der Waals surface area contributed by atoms with E-state index >= 15 is 0 Å². The summed E-state index contributed by atoms with van der Waals surface area (Å²) in [5.41, 5.74) is 1.17. The van der Waals surface area contributed by atoms with E-state index < -0.39 is 0 Å². The zero-order valence-corrected chi connectivity index (χ0v) is 14.7. The molecule has 2 aromatic heterocycles. The van der Waals surface area contributed by atoms with Gasteiger partial charge in [-0.25, -0.2) is 4.98 Å². The van der Waals surface area contributed by atoms with Crippen LogP contribution in [0.5, 0.6) is 0 Å². The zero-order valence-electron chi connectivity index (χ0n) is 11.5. The number of thiophene rings is 1. The standard InChI is InChI=1S/C14H19BrN2S2/c1-4-7-16-11(12-5-6-13(15)19-12)8-14-17-9(2)10(3)18-14/h5-6,11,16H,4,7-8H2,1-3H3. The first-order valence-electron chi connectivity index (χ1n) is 6.51. The van der Waals surface area contributed by atoms with Crippen LogP contribution in [0.3, 0.4) is 0 Å². The van der Waals surface area contributed by atoms with Crippen LogP contribution in [-0.4, -0.2) is 11.5 Å². The van der Waals surface area contributed by atoms with Gasteiger partial charge < -0.3 is 5.32 Å². The molecule has 104 valence electrons. The molecule has 2 heterocycles. The van der Waals surface area contributed by atoms with Gasteiger partial charge in [-0.1, -0.05) is 6.92 Å². The molecule has 0 fully saturated rings. The predicted octanol–water partition coefficient (Wildman–Crippen LogP) is 4.87. The molecule has 1 unspecified atom stereocenters. The number of hydrogen-bond donors (Lipinski definition) is 1. The zero-order chi connectivity index (χ0) is 13.8. The molecule has 1 N–H and O–H groups in total. The van der Waals surface area contributed by atoms with Gasteiger partial charge in [0, 0.05) is 22.2 Å². The number of nitrogens with one attached hydrogen (secondary N) is 1. The van der Waals surface area contributed by atoms with Crippen molar-refractivity contribution in [3.63, 3.8) is 0 Å². The molecule has 19 heavy (non-hydrogen) atoms. The van der Waals surface area contributed by atoms with E-state index in [4.69, 9.17) is 0 Å². The Morgan fingerprint density at radius 2 is 2.11 bits per heavy atom. The normalized spacial score (nSPS) is 12.8. The Hall–Kier alpha value is -0.230. The summed E-state index contributed by atoms with van der Waals surface area (Å²) in [6.07, 6.45) is 2.13. The van der Waals surface area contributed by atoms with Crippen LogP contribution in [0, 0.1) is 13.8 Å². The van der Waals surface area contributed by atoms with Crippen molar-refractivity contribution in [3.05, 3.63) is 36.4 Å². The number of aryl methyl sites for hydroxylation is 2. The summed E-state index contributed by atoms with van der Waals surface area (Å²) >= 11 is 7.17. The van der Waals surface area contributed by atoms with E-state index in [0.717, 1.165) is 19.4 Å². The molecule has 0 saturated heterocycles. The van der Waals surface area contributed by atoms with Gasteiger partial charge >= 0.3 is 0 Å². The Kier molecular flexibility index (Phi) is 5.57. The molecule has 0 radical (unpaired) electrons. The summed E-state index contributed by atoms with van der Waals surface area (Å²) in [5.74, 6) is 0. The molecule has 0 aliphatic rings. The third-order valence-corrected chi connectivity index (χ3v) is 5.86.